The number of esters is 1. The second-order valence-electron chi connectivity index (χ2n) is 9.66. The summed E-state index contributed by atoms with van der Waals surface area (Å²) in [5.41, 5.74) is 2.37. The van der Waals surface area contributed by atoms with E-state index in [1.165, 1.54) is 5.57 Å². The maximum atomic E-state index is 12.3. The van der Waals surface area contributed by atoms with Gasteiger partial charge in [-0.15, -0.1) is 0 Å². The molecule has 1 unspecified atom stereocenters. The van der Waals surface area contributed by atoms with E-state index in [-0.39, 0.29) is 35.9 Å². The van der Waals surface area contributed by atoms with Crippen molar-refractivity contribution >= 4 is 5.97 Å². The zero-order valence-corrected chi connectivity index (χ0v) is 19.8. The monoisotopic (exact) mass is 424 g/mol. The van der Waals surface area contributed by atoms with Crippen molar-refractivity contribution in [3.05, 3.63) is 23.3 Å². The van der Waals surface area contributed by atoms with Crippen LogP contribution in [-0.2, 0) is 9.53 Å². The zero-order valence-electron chi connectivity index (χ0n) is 19.8. The van der Waals surface area contributed by atoms with Gasteiger partial charge in [0, 0.05) is 18.8 Å². The second kappa shape index (κ2) is 13.3. The molecule has 0 spiro atoms. The number of carbonyl (C=O) groups is 1. The van der Waals surface area contributed by atoms with Crippen molar-refractivity contribution in [2.45, 2.75) is 111 Å². The number of aliphatic hydroxyl groups is 3. The van der Waals surface area contributed by atoms with E-state index in [9.17, 15) is 20.1 Å². The van der Waals surface area contributed by atoms with Gasteiger partial charge in [-0.05, 0) is 64.7 Å². The lowest BCUT2D eigenvalue weighted by molar-refractivity contribution is -0.151. The van der Waals surface area contributed by atoms with E-state index < -0.39 is 12.2 Å². The lowest BCUT2D eigenvalue weighted by atomic mass is 9.89. The van der Waals surface area contributed by atoms with Gasteiger partial charge in [0.1, 0.15) is 6.10 Å². The number of hydrogen-bond donors (Lipinski definition) is 3. The molecule has 0 saturated heterocycles. The van der Waals surface area contributed by atoms with Crippen LogP contribution in [0.25, 0.3) is 0 Å². The largest absolute Gasteiger partial charge is 0.462 e. The maximum Gasteiger partial charge on any atom is 0.306 e. The Kier molecular flexibility index (Phi) is 11.9. The van der Waals surface area contributed by atoms with Gasteiger partial charge in [0.15, 0.2) is 0 Å². The van der Waals surface area contributed by atoms with Gasteiger partial charge in [-0.2, -0.15) is 0 Å². The number of carbonyl (C=O) groups excluding carboxylic acids is 1. The number of allylic oxidation sites excluding steroid dienone is 2. The average molecular weight is 425 g/mol. The van der Waals surface area contributed by atoms with E-state index in [2.05, 4.69) is 32.9 Å². The fourth-order valence-electron chi connectivity index (χ4n) is 4.24. The first kappa shape index (κ1) is 26.9. The Morgan fingerprint density at radius 1 is 1.30 bits per heavy atom. The number of ether oxygens (including phenoxy) is 1. The van der Waals surface area contributed by atoms with Crippen LogP contribution in [0.2, 0.25) is 0 Å². The molecule has 5 heteroatoms. The minimum Gasteiger partial charge on any atom is -0.462 e. The fourth-order valence-corrected chi connectivity index (χ4v) is 4.24. The summed E-state index contributed by atoms with van der Waals surface area (Å²) < 4.78 is 5.83. The summed E-state index contributed by atoms with van der Waals surface area (Å²) in [5.74, 6) is 0.106. The predicted octanol–water partition coefficient (Wildman–Crippen LogP) is 4.55. The minimum atomic E-state index is -0.572. The number of hydrogen-bond acceptors (Lipinski definition) is 5. The molecular formula is C25H44O5. The lowest BCUT2D eigenvalue weighted by Gasteiger charge is -2.26. The summed E-state index contributed by atoms with van der Waals surface area (Å²) in [4.78, 5) is 12.3. The highest BCUT2D eigenvalue weighted by Crippen LogP contribution is 2.26. The molecule has 1 aliphatic heterocycles. The molecule has 0 aliphatic carbocycles. The standard InChI is InChI=1S/C25H44O5/c1-16-10-11-24(30-25(29)9-7-8-22(27)18(3)12-16)20(5)14-17(2)13-19(4)23(28)15-21(6)26/h10,13,18-24,26-28H,7-9,11-12,14-15H2,1-6H3/b16-10+,17-13+/t18-,19+,20-,21+,22?,23+,24+/m0/s1. The molecule has 0 bridgehead atoms. The molecule has 0 aromatic carbocycles. The fraction of sp³-hybridized carbons (Fsp3) is 0.800. The van der Waals surface area contributed by atoms with Crippen LogP contribution < -0.4 is 0 Å². The van der Waals surface area contributed by atoms with Crippen molar-refractivity contribution in [2.24, 2.45) is 17.8 Å². The van der Waals surface area contributed by atoms with Crippen LogP contribution in [0, 0.1) is 17.8 Å². The van der Waals surface area contributed by atoms with Gasteiger partial charge < -0.3 is 20.1 Å². The summed E-state index contributed by atoms with van der Waals surface area (Å²) in [5, 5.41) is 29.9. The van der Waals surface area contributed by atoms with Crippen molar-refractivity contribution < 1.29 is 24.9 Å². The van der Waals surface area contributed by atoms with Crippen molar-refractivity contribution in [2.75, 3.05) is 0 Å². The topological polar surface area (TPSA) is 87.0 Å². The molecule has 5 nitrogen and oxygen atoms in total. The third-order valence-corrected chi connectivity index (χ3v) is 6.18. The summed E-state index contributed by atoms with van der Waals surface area (Å²) in [6, 6.07) is 0. The third kappa shape index (κ3) is 10.2. The van der Waals surface area contributed by atoms with Gasteiger partial charge in [-0.3, -0.25) is 4.79 Å². The molecule has 0 saturated carbocycles. The van der Waals surface area contributed by atoms with E-state index in [1.54, 1.807) is 6.92 Å². The molecule has 1 rings (SSSR count). The maximum absolute atomic E-state index is 12.3. The van der Waals surface area contributed by atoms with Crippen LogP contribution in [0.3, 0.4) is 0 Å². The highest BCUT2D eigenvalue weighted by Gasteiger charge is 2.24. The van der Waals surface area contributed by atoms with Crippen LogP contribution in [0.15, 0.2) is 23.3 Å². The van der Waals surface area contributed by atoms with Crippen LogP contribution in [0.5, 0.6) is 0 Å². The normalized spacial score (nSPS) is 30.7. The van der Waals surface area contributed by atoms with Crippen molar-refractivity contribution in [3.8, 4) is 0 Å². The Morgan fingerprint density at radius 3 is 2.60 bits per heavy atom. The van der Waals surface area contributed by atoms with Crippen LogP contribution in [0.4, 0.5) is 0 Å². The molecule has 0 radical (unpaired) electrons. The quantitative estimate of drug-likeness (QED) is 0.412. The Balaban J connectivity index is 2.82. The van der Waals surface area contributed by atoms with Crippen molar-refractivity contribution in [3.63, 3.8) is 0 Å². The molecule has 0 fully saturated rings. The Bertz CT molecular complexity index is 580. The molecule has 174 valence electrons. The molecule has 1 heterocycles. The summed E-state index contributed by atoms with van der Waals surface area (Å²) in [6.45, 7) is 11.9. The van der Waals surface area contributed by atoms with E-state index in [4.69, 9.17) is 4.74 Å². The molecule has 1 aliphatic rings. The molecule has 0 aromatic heterocycles. The average Bonchev–Trinajstić information content (AvgIpc) is 2.63. The van der Waals surface area contributed by atoms with Crippen LogP contribution in [0.1, 0.15) is 86.5 Å². The van der Waals surface area contributed by atoms with Gasteiger partial charge >= 0.3 is 5.97 Å². The number of rotatable bonds is 7. The Morgan fingerprint density at radius 2 is 1.97 bits per heavy atom. The lowest BCUT2D eigenvalue weighted by Crippen LogP contribution is -2.26. The van der Waals surface area contributed by atoms with Gasteiger partial charge in [-0.25, -0.2) is 0 Å². The van der Waals surface area contributed by atoms with E-state index in [0.29, 0.717) is 32.1 Å². The molecule has 0 aromatic rings. The minimum absolute atomic E-state index is 0.0410. The SMILES string of the molecule is C/C1=C\C[C@H]([C@@H](C)C/C(C)=C/[C@@H](C)[C@H](O)C[C@@H](C)O)OC(=O)CCCC(O)[C@@H](C)C1. The highest BCUT2D eigenvalue weighted by atomic mass is 16.5. The van der Waals surface area contributed by atoms with Crippen LogP contribution in [-0.4, -0.2) is 45.7 Å². The predicted molar refractivity (Wildman–Crippen MR) is 121 cm³/mol. The highest BCUT2D eigenvalue weighted by molar-refractivity contribution is 5.69. The molecule has 3 N–H and O–H groups in total. The van der Waals surface area contributed by atoms with Gasteiger partial charge in [0.05, 0.1) is 18.3 Å². The number of cyclic esters (lactones) is 1. The second-order valence-corrected chi connectivity index (χ2v) is 9.66. The Hall–Kier alpha value is -1.17. The summed E-state index contributed by atoms with van der Waals surface area (Å²) >= 11 is 0. The zero-order chi connectivity index (χ0) is 22.8. The van der Waals surface area contributed by atoms with Gasteiger partial charge in [0.2, 0.25) is 0 Å². The first-order chi connectivity index (χ1) is 14.0. The first-order valence-electron chi connectivity index (χ1n) is 11.6. The number of aliphatic hydroxyl groups excluding tert-OH is 3. The summed E-state index contributed by atoms with van der Waals surface area (Å²) in [7, 11) is 0. The van der Waals surface area contributed by atoms with Crippen LogP contribution >= 0.6 is 0 Å². The van der Waals surface area contributed by atoms with E-state index in [0.717, 1.165) is 18.4 Å². The summed E-state index contributed by atoms with van der Waals surface area (Å²) in [6.07, 6.45) is 6.83. The molecule has 7 atom stereocenters. The van der Waals surface area contributed by atoms with Gasteiger partial charge in [0.25, 0.3) is 0 Å². The van der Waals surface area contributed by atoms with E-state index in [1.807, 2.05) is 13.8 Å². The first-order valence-corrected chi connectivity index (χ1v) is 11.6. The third-order valence-electron chi connectivity index (χ3n) is 6.18. The smallest absolute Gasteiger partial charge is 0.306 e. The molecular weight excluding hydrogens is 380 g/mol. The van der Waals surface area contributed by atoms with Crippen molar-refractivity contribution in [1.29, 1.82) is 0 Å². The Labute approximate surface area is 183 Å². The van der Waals surface area contributed by atoms with Crippen molar-refractivity contribution in [1.82, 2.24) is 0 Å². The molecule has 30 heavy (non-hydrogen) atoms. The van der Waals surface area contributed by atoms with E-state index >= 15 is 0 Å². The van der Waals surface area contributed by atoms with Gasteiger partial charge in [-0.1, -0.05) is 44.1 Å². The molecule has 0 amide bonds.